The molecule has 0 heterocycles. The molecule has 7 heteroatoms. The van der Waals surface area contributed by atoms with Crippen molar-refractivity contribution in [3.8, 4) is 11.5 Å². The predicted molar refractivity (Wildman–Crippen MR) is 123 cm³/mol. The molecule has 0 aromatic heterocycles. The lowest BCUT2D eigenvalue weighted by Gasteiger charge is -2.29. The molecule has 1 N–H and O–H groups in total. The summed E-state index contributed by atoms with van der Waals surface area (Å²) in [6.45, 7) is 4.72. The largest absolute Gasteiger partial charge is 0.493 e. The van der Waals surface area contributed by atoms with Gasteiger partial charge in [-0.15, -0.1) is 0 Å². The van der Waals surface area contributed by atoms with E-state index >= 15 is 0 Å². The highest BCUT2D eigenvalue weighted by molar-refractivity contribution is 6.30. The van der Waals surface area contributed by atoms with Gasteiger partial charge < -0.3 is 19.7 Å². The molecule has 2 amide bonds. The molecule has 2 aromatic rings. The Morgan fingerprint density at radius 1 is 1.03 bits per heavy atom. The molecule has 0 fully saturated rings. The van der Waals surface area contributed by atoms with Crippen LogP contribution in [0.2, 0.25) is 5.02 Å². The molecule has 1 unspecified atom stereocenters. The highest BCUT2D eigenvalue weighted by Gasteiger charge is 2.26. The Morgan fingerprint density at radius 2 is 1.68 bits per heavy atom. The Balaban J connectivity index is 2.22. The number of hydrogen-bond acceptors (Lipinski definition) is 4. The fourth-order valence-corrected chi connectivity index (χ4v) is 3.30. The van der Waals surface area contributed by atoms with E-state index in [1.165, 1.54) is 0 Å². The number of unbranched alkanes of at least 4 members (excludes halogenated alkanes) is 1. The first-order valence-corrected chi connectivity index (χ1v) is 10.8. The van der Waals surface area contributed by atoms with Crippen molar-refractivity contribution in [1.29, 1.82) is 0 Å². The number of halogens is 1. The van der Waals surface area contributed by atoms with E-state index in [4.69, 9.17) is 21.1 Å². The first kappa shape index (κ1) is 24.5. The predicted octanol–water partition coefficient (Wildman–Crippen LogP) is 4.23. The van der Waals surface area contributed by atoms with Crippen LogP contribution in [0.25, 0.3) is 0 Å². The maximum Gasteiger partial charge on any atom is 0.242 e. The number of amides is 2. The number of ether oxygens (including phenoxy) is 2. The minimum atomic E-state index is -0.611. The van der Waals surface area contributed by atoms with Crippen molar-refractivity contribution in [1.82, 2.24) is 10.2 Å². The Morgan fingerprint density at radius 3 is 2.29 bits per heavy atom. The zero-order valence-electron chi connectivity index (χ0n) is 18.6. The van der Waals surface area contributed by atoms with Crippen LogP contribution in [0.1, 0.15) is 37.8 Å². The molecule has 0 saturated carbocycles. The molecule has 0 aliphatic rings. The van der Waals surface area contributed by atoms with Crippen LogP contribution in [0.3, 0.4) is 0 Å². The molecule has 168 valence electrons. The smallest absolute Gasteiger partial charge is 0.242 e. The number of carbonyl (C=O) groups excluding carboxylic acids is 2. The van der Waals surface area contributed by atoms with Gasteiger partial charge in [0.25, 0.3) is 0 Å². The zero-order valence-corrected chi connectivity index (χ0v) is 19.4. The van der Waals surface area contributed by atoms with Gasteiger partial charge in [-0.05, 0) is 48.7 Å². The third-order valence-electron chi connectivity index (χ3n) is 5.07. The van der Waals surface area contributed by atoms with E-state index in [0.29, 0.717) is 29.6 Å². The molecule has 6 nitrogen and oxygen atoms in total. The van der Waals surface area contributed by atoms with Crippen LogP contribution in [0.4, 0.5) is 0 Å². The first-order chi connectivity index (χ1) is 14.9. The van der Waals surface area contributed by atoms with Crippen molar-refractivity contribution in [2.45, 2.75) is 45.7 Å². The minimum absolute atomic E-state index is 0.139. The van der Waals surface area contributed by atoms with Crippen LogP contribution in [0.5, 0.6) is 11.5 Å². The zero-order chi connectivity index (χ0) is 22.8. The monoisotopic (exact) mass is 446 g/mol. The maximum atomic E-state index is 13.3. The molecule has 1 atom stereocenters. The number of hydrogen-bond donors (Lipinski definition) is 1. The van der Waals surface area contributed by atoms with Crippen molar-refractivity contribution in [2.75, 3.05) is 20.8 Å². The molecule has 31 heavy (non-hydrogen) atoms. The van der Waals surface area contributed by atoms with Gasteiger partial charge in [0.2, 0.25) is 11.8 Å². The van der Waals surface area contributed by atoms with Crippen molar-refractivity contribution in [2.24, 2.45) is 0 Å². The second-order valence-electron chi connectivity index (χ2n) is 7.33. The summed E-state index contributed by atoms with van der Waals surface area (Å²) < 4.78 is 10.6. The third kappa shape index (κ3) is 7.17. The van der Waals surface area contributed by atoms with Crippen molar-refractivity contribution in [3.05, 3.63) is 58.6 Å². The summed E-state index contributed by atoms with van der Waals surface area (Å²) in [6.07, 6.45) is 2.02. The average molecular weight is 447 g/mol. The summed E-state index contributed by atoms with van der Waals surface area (Å²) in [5.74, 6) is 0.839. The number of rotatable bonds is 11. The number of carbonyl (C=O) groups is 2. The summed E-state index contributed by atoms with van der Waals surface area (Å²) in [4.78, 5) is 27.5. The van der Waals surface area contributed by atoms with Crippen molar-refractivity contribution < 1.29 is 19.1 Å². The van der Waals surface area contributed by atoms with Gasteiger partial charge >= 0.3 is 0 Å². The van der Waals surface area contributed by atoms with Gasteiger partial charge in [0.05, 0.1) is 20.6 Å². The summed E-state index contributed by atoms with van der Waals surface area (Å²) in [7, 11) is 3.12. The van der Waals surface area contributed by atoms with Gasteiger partial charge in [0.15, 0.2) is 11.5 Å². The lowest BCUT2D eigenvalue weighted by molar-refractivity contribution is -0.140. The molecule has 0 aliphatic carbocycles. The second-order valence-corrected chi connectivity index (χ2v) is 7.77. The molecule has 0 saturated heterocycles. The van der Waals surface area contributed by atoms with Gasteiger partial charge in [0, 0.05) is 18.1 Å². The third-order valence-corrected chi connectivity index (χ3v) is 5.32. The van der Waals surface area contributed by atoms with Crippen molar-refractivity contribution in [3.63, 3.8) is 0 Å². The Hall–Kier alpha value is -2.73. The topological polar surface area (TPSA) is 67.9 Å². The maximum absolute atomic E-state index is 13.3. The molecule has 0 bridgehead atoms. The SMILES string of the molecule is CCCCNC(=O)C(C)N(Cc1ccc(Cl)cc1)C(=O)Cc1ccc(OC)c(OC)c1. The fraction of sp³-hybridized carbons (Fsp3) is 0.417. The van der Waals surface area contributed by atoms with Crippen LogP contribution < -0.4 is 14.8 Å². The quantitative estimate of drug-likeness (QED) is 0.524. The van der Waals surface area contributed by atoms with Crippen LogP contribution in [0, 0.1) is 0 Å². The molecular formula is C24H31ClN2O4. The highest BCUT2D eigenvalue weighted by Crippen LogP contribution is 2.28. The van der Waals surface area contributed by atoms with E-state index in [2.05, 4.69) is 12.2 Å². The highest BCUT2D eigenvalue weighted by atomic mass is 35.5. The Labute approximate surface area is 189 Å². The lowest BCUT2D eigenvalue weighted by atomic mass is 10.1. The van der Waals surface area contributed by atoms with Gasteiger partial charge in [0.1, 0.15) is 6.04 Å². The molecule has 0 radical (unpaired) electrons. The van der Waals surface area contributed by atoms with E-state index in [1.807, 2.05) is 18.2 Å². The van der Waals surface area contributed by atoms with Crippen LogP contribution in [0.15, 0.2) is 42.5 Å². The van der Waals surface area contributed by atoms with E-state index in [1.54, 1.807) is 50.3 Å². The lowest BCUT2D eigenvalue weighted by Crippen LogP contribution is -2.48. The van der Waals surface area contributed by atoms with Crippen LogP contribution in [-0.4, -0.2) is 43.5 Å². The number of benzene rings is 2. The van der Waals surface area contributed by atoms with E-state index in [-0.39, 0.29) is 18.2 Å². The summed E-state index contributed by atoms with van der Waals surface area (Å²) in [6, 6.07) is 12.0. The Kier molecular flexibility index (Phi) is 9.66. The molecule has 0 aliphatic heterocycles. The van der Waals surface area contributed by atoms with Crippen LogP contribution >= 0.6 is 11.6 Å². The second kappa shape index (κ2) is 12.2. The van der Waals surface area contributed by atoms with Gasteiger partial charge in [-0.1, -0.05) is 43.1 Å². The number of methoxy groups -OCH3 is 2. The normalized spacial score (nSPS) is 11.5. The standard InChI is InChI=1S/C24H31ClN2O4/c1-5-6-13-26-24(29)17(2)27(16-18-7-10-20(25)11-8-18)23(28)15-19-9-12-21(30-3)22(14-19)31-4/h7-12,14,17H,5-6,13,15-16H2,1-4H3,(H,26,29). The molecule has 2 rings (SSSR count). The van der Waals surface area contributed by atoms with E-state index in [9.17, 15) is 9.59 Å². The van der Waals surface area contributed by atoms with Crippen molar-refractivity contribution >= 4 is 23.4 Å². The molecule has 0 spiro atoms. The first-order valence-electron chi connectivity index (χ1n) is 10.4. The average Bonchev–Trinajstić information content (AvgIpc) is 2.78. The minimum Gasteiger partial charge on any atom is -0.493 e. The molecule has 2 aromatic carbocycles. The number of nitrogens with zero attached hydrogens (tertiary/aromatic N) is 1. The van der Waals surface area contributed by atoms with E-state index < -0.39 is 6.04 Å². The summed E-state index contributed by atoms with van der Waals surface area (Å²) >= 11 is 5.99. The number of nitrogens with one attached hydrogen (secondary N) is 1. The fourth-order valence-electron chi connectivity index (χ4n) is 3.17. The van der Waals surface area contributed by atoms with Gasteiger partial charge in [-0.3, -0.25) is 9.59 Å². The van der Waals surface area contributed by atoms with Crippen LogP contribution in [-0.2, 0) is 22.6 Å². The van der Waals surface area contributed by atoms with Gasteiger partial charge in [-0.2, -0.15) is 0 Å². The van der Waals surface area contributed by atoms with E-state index in [0.717, 1.165) is 24.0 Å². The summed E-state index contributed by atoms with van der Waals surface area (Å²) in [5, 5.41) is 3.54. The summed E-state index contributed by atoms with van der Waals surface area (Å²) in [5.41, 5.74) is 1.68. The Bertz CT molecular complexity index is 870. The van der Waals surface area contributed by atoms with Gasteiger partial charge in [-0.25, -0.2) is 0 Å². The molecular weight excluding hydrogens is 416 g/mol.